The van der Waals surface area contributed by atoms with Crippen LogP contribution in [0.15, 0.2) is 53.7 Å². The zero-order valence-corrected chi connectivity index (χ0v) is 10.6. The van der Waals surface area contributed by atoms with E-state index < -0.39 is 0 Å². The second kappa shape index (κ2) is 6.44. The van der Waals surface area contributed by atoms with Crippen LogP contribution in [-0.4, -0.2) is 18.5 Å². The van der Waals surface area contributed by atoms with Crippen LogP contribution in [0.3, 0.4) is 0 Å². The van der Waals surface area contributed by atoms with Crippen LogP contribution < -0.4 is 9.47 Å². The van der Waals surface area contributed by atoms with E-state index in [0.29, 0.717) is 18.1 Å². The minimum Gasteiger partial charge on any atom is -0.493 e. The fourth-order valence-corrected chi connectivity index (χ4v) is 1.69. The van der Waals surface area contributed by atoms with Crippen molar-refractivity contribution in [2.45, 2.75) is 6.61 Å². The Morgan fingerprint density at radius 3 is 2.58 bits per heavy atom. The first-order chi connectivity index (χ1) is 9.33. The lowest BCUT2D eigenvalue weighted by Gasteiger charge is -2.11. The summed E-state index contributed by atoms with van der Waals surface area (Å²) in [6, 6.07) is 15.2. The van der Waals surface area contributed by atoms with Gasteiger partial charge in [0.1, 0.15) is 6.61 Å². The van der Waals surface area contributed by atoms with Gasteiger partial charge in [0.15, 0.2) is 11.5 Å². The van der Waals surface area contributed by atoms with Gasteiger partial charge in [0.05, 0.1) is 13.3 Å². The van der Waals surface area contributed by atoms with Gasteiger partial charge in [-0.05, 0) is 23.8 Å². The van der Waals surface area contributed by atoms with E-state index in [9.17, 15) is 0 Å². The molecule has 19 heavy (non-hydrogen) atoms. The number of benzene rings is 2. The van der Waals surface area contributed by atoms with Crippen LogP contribution in [0.4, 0.5) is 0 Å². The third kappa shape index (κ3) is 3.48. The molecule has 0 saturated carbocycles. The zero-order valence-electron chi connectivity index (χ0n) is 10.6. The number of oxime groups is 1. The third-order valence-electron chi connectivity index (χ3n) is 2.63. The lowest BCUT2D eigenvalue weighted by molar-refractivity contribution is 0.284. The summed E-state index contributed by atoms with van der Waals surface area (Å²) >= 11 is 0. The number of methoxy groups -OCH3 is 1. The van der Waals surface area contributed by atoms with Gasteiger partial charge in [0, 0.05) is 5.56 Å². The quantitative estimate of drug-likeness (QED) is 0.508. The van der Waals surface area contributed by atoms with Gasteiger partial charge in [-0.1, -0.05) is 35.5 Å². The zero-order chi connectivity index (χ0) is 13.5. The summed E-state index contributed by atoms with van der Waals surface area (Å²) in [6.07, 6.45) is 1.34. The Hall–Kier alpha value is -2.49. The molecular weight excluding hydrogens is 242 g/mol. The Morgan fingerprint density at radius 2 is 1.89 bits per heavy atom. The molecule has 0 aliphatic carbocycles. The third-order valence-corrected chi connectivity index (χ3v) is 2.63. The molecule has 4 heteroatoms. The van der Waals surface area contributed by atoms with Gasteiger partial charge in [-0.15, -0.1) is 0 Å². The first-order valence-electron chi connectivity index (χ1n) is 5.85. The van der Waals surface area contributed by atoms with Crippen LogP contribution in [0.5, 0.6) is 11.5 Å². The molecule has 0 fully saturated rings. The van der Waals surface area contributed by atoms with Crippen LogP contribution >= 0.6 is 0 Å². The van der Waals surface area contributed by atoms with Crippen molar-refractivity contribution in [1.82, 2.24) is 0 Å². The minimum absolute atomic E-state index is 0.477. The first kappa shape index (κ1) is 13.0. The topological polar surface area (TPSA) is 51.0 Å². The van der Waals surface area contributed by atoms with Crippen molar-refractivity contribution in [3.8, 4) is 11.5 Å². The Morgan fingerprint density at radius 1 is 1.11 bits per heavy atom. The molecule has 2 rings (SSSR count). The molecule has 2 aromatic rings. The predicted molar refractivity (Wildman–Crippen MR) is 73.1 cm³/mol. The molecule has 0 aliphatic rings. The summed E-state index contributed by atoms with van der Waals surface area (Å²) in [5.74, 6) is 1.26. The average molecular weight is 257 g/mol. The molecule has 0 radical (unpaired) electrons. The lowest BCUT2D eigenvalue weighted by atomic mass is 10.2. The fraction of sp³-hybridized carbons (Fsp3) is 0.133. The fourth-order valence-electron chi connectivity index (χ4n) is 1.69. The molecule has 0 unspecified atom stereocenters. The molecule has 1 N–H and O–H groups in total. The maximum Gasteiger partial charge on any atom is 0.161 e. The maximum atomic E-state index is 8.50. The van der Waals surface area contributed by atoms with E-state index in [-0.39, 0.29) is 0 Å². The Kier molecular flexibility index (Phi) is 4.39. The van der Waals surface area contributed by atoms with Gasteiger partial charge in [-0.3, -0.25) is 0 Å². The molecular formula is C15H15NO3. The number of hydrogen-bond acceptors (Lipinski definition) is 4. The van der Waals surface area contributed by atoms with E-state index in [1.165, 1.54) is 6.21 Å². The van der Waals surface area contributed by atoms with Crippen molar-refractivity contribution in [2.24, 2.45) is 5.16 Å². The smallest absolute Gasteiger partial charge is 0.161 e. The molecule has 0 atom stereocenters. The monoisotopic (exact) mass is 257 g/mol. The van der Waals surface area contributed by atoms with E-state index in [0.717, 1.165) is 11.1 Å². The van der Waals surface area contributed by atoms with Gasteiger partial charge < -0.3 is 14.7 Å². The summed E-state index contributed by atoms with van der Waals surface area (Å²) in [5, 5.41) is 11.5. The Labute approximate surface area is 111 Å². The van der Waals surface area contributed by atoms with Crippen molar-refractivity contribution >= 4 is 6.21 Å². The second-order valence-corrected chi connectivity index (χ2v) is 3.93. The normalized spacial score (nSPS) is 10.6. The van der Waals surface area contributed by atoms with Gasteiger partial charge in [-0.2, -0.15) is 0 Å². The van der Waals surface area contributed by atoms with Crippen LogP contribution in [0.2, 0.25) is 0 Å². The van der Waals surface area contributed by atoms with E-state index >= 15 is 0 Å². The number of rotatable bonds is 5. The van der Waals surface area contributed by atoms with Crippen LogP contribution in [-0.2, 0) is 6.61 Å². The van der Waals surface area contributed by atoms with Gasteiger partial charge >= 0.3 is 0 Å². The number of nitrogens with zero attached hydrogens (tertiary/aromatic N) is 1. The minimum atomic E-state index is 0.477. The predicted octanol–water partition coefficient (Wildman–Crippen LogP) is 3.08. The first-order valence-corrected chi connectivity index (χ1v) is 5.85. The summed E-state index contributed by atoms with van der Waals surface area (Å²) in [7, 11) is 1.57. The van der Waals surface area contributed by atoms with Crippen LogP contribution in [0.1, 0.15) is 11.1 Å². The lowest BCUT2D eigenvalue weighted by Crippen LogP contribution is -1.98. The summed E-state index contributed by atoms with van der Waals surface area (Å²) < 4.78 is 11.0. The number of ether oxygens (including phenoxy) is 2. The van der Waals surface area contributed by atoms with Crippen molar-refractivity contribution in [3.05, 3.63) is 59.7 Å². The summed E-state index contributed by atoms with van der Waals surface area (Å²) in [6.45, 7) is 0.477. The molecule has 0 bridgehead atoms. The Balaban J connectivity index is 2.11. The van der Waals surface area contributed by atoms with Crippen molar-refractivity contribution in [3.63, 3.8) is 0 Å². The molecule has 98 valence electrons. The molecule has 0 heterocycles. The number of hydrogen-bond donors (Lipinski definition) is 1. The molecule has 2 aromatic carbocycles. The maximum absolute atomic E-state index is 8.50. The molecule has 0 spiro atoms. The van der Waals surface area contributed by atoms with E-state index in [1.54, 1.807) is 25.3 Å². The van der Waals surface area contributed by atoms with Gasteiger partial charge in [-0.25, -0.2) is 0 Å². The highest BCUT2D eigenvalue weighted by atomic mass is 16.5. The SMILES string of the molecule is COc1cc(/C=N/O)ccc1OCc1ccccc1. The summed E-state index contributed by atoms with van der Waals surface area (Å²) in [4.78, 5) is 0. The van der Waals surface area contributed by atoms with Crippen molar-refractivity contribution < 1.29 is 14.7 Å². The van der Waals surface area contributed by atoms with Crippen LogP contribution in [0.25, 0.3) is 0 Å². The van der Waals surface area contributed by atoms with Gasteiger partial charge in [0.25, 0.3) is 0 Å². The molecule has 4 nitrogen and oxygen atoms in total. The molecule has 0 saturated heterocycles. The highest BCUT2D eigenvalue weighted by Crippen LogP contribution is 2.28. The van der Waals surface area contributed by atoms with E-state index in [1.807, 2.05) is 30.3 Å². The average Bonchev–Trinajstić information content (AvgIpc) is 2.47. The highest BCUT2D eigenvalue weighted by molar-refractivity contribution is 5.80. The standard InChI is InChI=1S/C15H15NO3/c1-18-15-9-13(10-16-17)7-8-14(15)19-11-12-5-3-2-4-6-12/h2-10,17H,11H2,1H3/b16-10+. The van der Waals surface area contributed by atoms with E-state index in [2.05, 4.69) is 5.16 Å². The van der Waals surface area contributed by atoms with Crippen molar-refractivity contribution in [1.29, 1.82) is 0 Å². The largest absolute Gasteiger partial charge is 0.493 e. The Bertz CT molecular complexity index is 553. The molecule has 0 amide bonds. The van der Waals surface area contributed by atoms with Crippen LogP contribution in [0, 0.1) is 0 Å². The molecule has 0 aliphatic heterocycles. The van der Waals surface area contributed by atoms with E-state index in [4.69, 9.17) is 14.7 Å². The highest BCUT2D eigenvalue weighted by Gasteiger charge is 2.05. The second-order valence-electron chi connectivity index (χ2n) is 3.93. The molecule has 0 aromatic heterocycles. The van der Waals surface area contributed by atoms with Gasteiger partial charge in [0.2, 0.25) is 0 Å². The summed E-state index contributed by atoms with van der Waals surface area (Å²) in [5.41, 5.74) is 1.83. The van der Waals surface area contributed by atoms with Crippen molar-refractivity contribution in [2.75, 3.05) is 7.11 Å².